The molecule has 0 heterocycles. The number of phenolic OH excluding ortho intramolecular Hbond substituents is 1. The number of benzene rings is 1. The molecule has 0 fully saturated rings. The summed E-state index contributed by atoms with van der Waals surface area (Å²) in [5.41, 5.74) is 3.70. The van der Waals surface area contributed by atoms with Crippen molar-refractivity contribution in [2.45, 2.75) is 45.3 Å². The molecule has 4 heteroatoms. The summed E-state index contributed by atoms with van der Waals surface area (Å²) in [6, 6.07) is 8.71. The van der Waals surface area contributed by atoms with Gasteiger partial charge in [0.15, 0.2) is 0 Å². The van der Waals surface area contributed by atoms with Crippen LogP contribution in [0, 0.1) is 0 Å². The molecular weight excluding hydrogens is 268 g/mol. The quantitative estimate of drug-likeness (QED) is 0.744. The normalized spacial score (nSPS) is 11.9. The van der Waals surface area contributed by atoms with Gasteiger partial charge >= 0.3 is 5.97 Å². The third-order valence-electron chi connectivity index (χ3n) is 4.18. The van der Waals surface area contributed by atoms with E-state index in [-0.39, 0.29) is 12.2 Å². The fraction of sp³-hybridized carbons (Fsp3) is 0.438. The zero-order chi connectivity index (χ0) is 15.2. The molecule has 0 unspecified atom stereocenters. The molecule has 20 heavy (non-hydrogen) atoms. The van der Waals surface area contributed by atoms with Crippen LogP contribution in [0.15, 0.2) is 23.9 Å². The number of rotatable bonds is 7. The summed E-state index contributed by atoms with van der Waals surface area (Å²) in [5.74, 6) is -0.728. The molecule has 0 aliphatic rings. The van der Waals surface area contributed by atoms with E-state index in [9.17, 15) is 9.90 Å². The van der Waals surface area contributed by atoms with Crippen molar-refractivity contribution >= 4 is 20.1 Å². The number of hydrogen-bond donors (Lipinski definition) is 2. The standard InChI is InChI=1S/C16H24O3Si/c1-4-20(5-2,6-3)10-9-14-8-7-13(11-15(14)17)12-16(18)19/h7-11,17H,4-6,12H2,1-3H3,(H,18,19)/b10-9+. The highest BCUT2D eigenvalue weighted by Crippen LogP contribution is 2.26. The van der Waals surface area contributed by atoms with Gasteiger partial charge in [0.05, 0.1) is 14.5 Å². The minimum Gasteiger partial charge on any atom is -0.507 e. The summed E-state index contributed by atoms with van der Waals surface area (Å²) >= 11 is 0. The molecule has 0 bridgehead atoms. The van der Waals surface area contributed by atoms with E-state index in [1.807, 2.05) is 6.08 Å². The highest BCUT2D eigenvalue weighted by molar-refractivity contribution is 6.84. The second-order valence-electron chi connectivity index (χ2n) is 5.22. The molecule has 1 aromatic rings. The average Bonchev–Trinajstić information content (AvgIpc) is 2.42. The van der Waals surface area contributed by atoms with E-state index in [1.54, 1.807) is 18.2 Å². The summed E-state index contributed by atoms with van der Waals surface area (Å²) in [5, 5.41) is 18.7. The molecule has 0 aliphatic heterocycles. The summed E-state index contributed by atoms with van der Waals surface area (Å²) in [6.45, 7) is 6.71. The Labute approximate surface area is 122 Å². The lowest BCUT2D eigenvalue weighted by molar-refractivity contribution is -0.136. The van der Waals surface area contributed by atoms with E-state index in [2.05, 4.69) is 26.5 Å². The summed E-state index contributed by atoms with van der Waals surface area (Å²) < 4.78 is 0. The van der Waals surface area contributed by atoms with Crippen LogP contribution in [0.4, 0.5) is 0 Å². The van der Waals surface area contributed by atoms with Crippen molar-refractivity contribution in [1.82, 2.24) is 0 Å². The van der Waals surface area contributed by atoms with Gasteiger partial charge in [0.1, 0.15) is 5.75 Å². The zero-order valence-corrected chi connectivity index (χ0v) is 13.5. The van der Waals surface area contributed by atoms with Crippen LogP contribution in [0.5, 0.6) is 5.75 Å². The first-order chi connectivity index (χ1) is 9.46. The predicted octanol–water partition coefficient (Wildman–Crippen LogP) is 4.08. The Morgan fingerprint density at radius 1 is 1.20 bits per heavy atom. The first kappa shape index (κ1) is 16.5. The number of carboxylic acid groups (broad SMARTS) is 1. The van der Waals surface area contributed by atoms with E-state index in [4.69, 9.17) is 5.11 Å². The molecule has 0 aliphatic carbocycles. The molecule has 1 aromatic carbocycles. The molecule has 3 nitrogen and oxygen atoms in total. The van der Waals surface area contributed by atoms with Crippen LogP contribution < -0.4 is 0 Å². The van der Waals surface area contributed by atoms with Gasteiger partial charge in [0.2, 0.25) is 0 Å². The van der Waals surface area contributed by atoms with Gasteiger partial charge in [-0.05, 0) is 11.6 Å². The summed E-state index contributed by atoms with van der Waals surface area (Å²) in [7, 11) is -1.35. The smallest absolute Gasteiger partial charge is 0.307 e. The van der Waals surface area contributed by atoms with Gasteiger partial charge in [-0.3, -0.25) is 4.79 Å². The maximum atomic E-state index is 10.6. The van der Waals surface area contributed by atoms with Gasteiger partial charge in [-0.1, -0.05) is 62.8 Å². The maximum Gasteiger partial charge on any atom is 0.307 e. The van der Waals surface area contributed by atoms with Crippen molar-refractivity contribution in [2.75, 3.05) is 0 Å². The Kier molecular flexibility index (Phi) is 6.01. The van der Waals surface area contributed by atoms with Crippen molar-refractivity contribution in [3.8, 4) is 5.75 Å². The third kappa shape index (κ3) is 4.23. The Hall–Kier alpha value is -1.55. The minimum absolute atomic E-state index is 0.0604. The average molecular weight is 292 g/mol. The first-order valence-corrected chi connectivity index (χ1v) is 9.89. The number of aromatic hydroxyl groups is 1. The number of hydrogen-bond acceptors (Lipinski definition) is 2. The number of carbonyl (C=O) groups is 1. The van der Waals surface area contributed by atoms with Crippen molar-refractivity contribution in [1.29, 1.82) is 0 Å². The highest BCUT2D eigenvalue weighted by Gasteiger charge is 2.22. The van der Waals surface area contributed by atoms with Crippen molar-refractivity contribution in [2.24, 2.45) is 0 Å². The molecule has 0 saturated heterocycles. The van der Waals surface area contributed by atoms with E-state index in [1.165, 1.54) is 18.1 Å². The Bertz CT molecular complexity index is 482. The lowest BCUT2D eigenvalue weighted by Gasteiger charge is -2.23. The fourth-order valence-electron chi connectivity index (χ4n) is 2.38. The van der Waals surface area contributed by atoms with Crippen LogP contribution in [0.25, 0.3) is 6.08 Å². The molecule has 0 aromatic heterocycles. The lowest BCUT2D eigenvalue weighted by atomic mass is 10.1. The molecule has 1 rings (SSSR count). The molecule has 0 radical (unpaired) electrons. The van der Waals surface area contributed by atoms with Crippen LogP contribution in [0.3, 0.4) is 0 Å². The molecule has 0 saturated carbocycles. The Morgan fingerprint density at radius 2 is 1.80 bits per heavy atom. The second-order valence-corrected chi connectivity index (χ2v) is 10.4. The van der Waals surface area contributed by atoms with Crippen LogP contribution >= 0.6 is 0 Å². The monoisotopic (exact) mass is 292 g/mol. The molecule has 0 amide bonds. The van der Waals surface area contributed by atoms with Crippen LogP contribution in [-0.4, -0.2) is 24.3 Å². The van der Waals surface area contributed by atoms with E-state index in [0.29, 0.717) is 5.56 Å². The van der Waals surface area contributed by atoms with E-state index >= 15 is 0 Å². The summed E-state index contributed by atoms with van der Waals surface area (Å²) in [6.07, 6.45) is 1.94. The number of carboxylic acids is 1. The molecule has 0 spiro atoms. The van der Waals surface area contributed by atoms with Gasteiger partial charge in [-0.25, -0.2) is 0 Å². The molecule has 110 valence electrons. The van der Waals surface area contributed by atoms with Gasteiger partial charge in [0.25, 0.3) is 0 Å². The van der Waals surface area contributed by atoms with Crippen LogP contribution in [0.2, 0.25) is 18.1 Å². The lowest BCUT2D eigenvalue weighted by Crippen LogP contribution is -2.28. The van der Waals surface area contributed by atoms with Gasteiger partial charge in [-0.15, -0.1) is 0 Å². The zero-order valence-electron chi connectivity index (χ0n) is 12.5. The fourth-order valence-corrected chi connectivity index (χ4v) is 5.13. The van der Waals surface area contributed by atoms with Crippen LogP contribution in [-0.2, 0) is 11.2 Å². The van der Waals surface area contributed by atoms with Gasteiger partial charge in [-0.2, -0.15) is 0 Å². The Balaban J connectivity index is 2.95. The summed E-state index contributed by atoms with van der Waals surface area (Å²) in [4.78, 5) is 10.6. The van der Waals surface area contributed by atoms with Crippen molar-refractivity contribution < 1.29 is 15.0 Å². The number of aliphatic carboxylic acids is 1. The molecule has 0 atom stereocenters. The third-order valence-corrected chi connectivity index (χ3v) is 9.28. The first-order valence-electron chi connectivity index (χ1n) is 7.19. The van der Waals surface area contributed by atoms with Crippen molar-refractivity contribution in [3.05, 3.63) is 35.0 Å². The molecule has 2 N–H and O–H groups in total. The van der Waals surface area contributed by atoms with E-state index < -0.39 is 14.0 Å². The van der Waals surface area contributed by atoms with Crippen LogP contribution in [0.1, 0.15) is 31.9 Å². The SMILES string of the molecule is CC[Si](/C=C/c1ccc(CC(=O)O)cc1O)(CC)CC. The predicted molar refractivity (Wildman–Crippen MR) is 85.7 cm³/mol. The minimum atomic E-state index is -1.35. The topological polar surface area (TPSA) is 57.5 Å². The van der Waals surface area contributed by atoms with E-state index in [0.717, 1.165) is 5.56 Å². The highest BCUT2D eigenvalue weighted by atomic mass is 28.3. The molecular formula is C16H24O3Si. The largest absolute Gasteiger partial charge is 0.507 e. The van der Waals surface area contributed by atoms with Gasteiger partial charge < -0.3 is 10.2 Å². The van der Waals surface area contributed by atoms with Gasteiger partial charge in [0, 0.05) is 5.56 Å². The second kappa shape index (κ2) is 7.29. The maximum absolute atomic E-state index is 10.6. The van der Waals surface area contributed by atoms with Crippen molar-refractivity contribution in [3.63, 3.8) is 0 Å². The number of phenols is 1. The Morgan fingerprint density at radius 3 is 2.25 bits per heavy atom.